The lowest BCUT2D eigenvalue weighted by atomic mass is 10.2. The standard InChI is InChI=1S/C12H19NO3S/c1-12(2,3)16-11(15)13-9(6-7-14)10-5-4-8-17-10/h4-5,8-9,14H,6-7H2,1-3H3,(H,13,15). The van der Waals surface area contributed by atoms with Crippen LogP contribution in [0.5, 0.6) is 0 Å². The van der Waals surface area contributed by atoms with Gasteiger partial charge >= 0.3 is 6.09 Å². The minimum Gasteiger partial charge on any atom is -0.444 e. The molecule has 0 spiro atoms. The van der Waals surface area contributed by atoms with Crippen LogP contribution in [0.15, 0.2) is 17.5 Å². The van der Waals surface area contributed by atoms with Crippen molar-refractivity contribution in [2.24, 2.45) is 0 Å². The monoisotopic (exact) mass is 257 g/mol. The molecule has 96 valence electrons. The van der Waals surface area contributed by atoms with Gasteiger partial charge in [0.2, 0.25) is 0 Å². The van der Waals surface area contributed by atoms with E-state index < -0.39 is 11.7 Å². The molecule has 0 fully saturated rings. The third-order valence-electron chi connectivity index (χ3n) is 2.00. The van der Waals surface area contributed by atoms with E-state index in [-0.39, 0.29) is 12.6 Å². The molecule has 1 aromatic heterocycles. The van der Waals surface area contributed by atoms with Gasteiger partial charge in [-0.3, -0.25) is 0 Å². The van der Waals surface area contributed by atoms with Crippen molar-refractivity contribution in [2.45, 2.75) is 38.8 Å². The van der Waals surface area contributed by atoms with Gasteiger partial charge in [0.15, 0.2) is 0 Å². The Balaban J connectivity index is 2.59. The maximum Gasteiger partial charge on any atom is 0.408 e. The first-order chi connectivity index (χ1) is 7.92. The van der Waals surface area contributed by atoms with Crippen LogP contribution in [0.1, 0.15) is 38.1 Å². The van der Waals surface area contributed by atoms with Crippen LogP contribution in [0.25, 0.3) is 0 Å². The highest BCUT2D eigenvalue weighted by Crippen LogP contribution is 2.22. The molecule has 0 saturated carbocycles. The highest BCUT2D eigenvalue weighted by atomic mass is 32.1. The highest BCUT2D eigenvalue weighted by Gasteiger charge is 2.20. The van der Waals surface area contributed by atoms with Crippen molar-refractivity contribution in [3.8, 4) is 0 Å². The summed E-state index contributed by atoms with van der Waals surface area (Å²) in [5.74, 6) is 0. The van der Waals surface area contributed by atoms with Crippen molar-refractivity contribution in [1.29, 1.82) is 0 Å². The van der Waals surface area contributed by atoms with Gasteiger partial charge in [0, 0.05) is 11.5 Å². The maximum absolute atomic E-state index is 11.6. The Kier molecular flexibility index (Phi) is 4.96. The molecule has 0 aliphatic carbocycles. The molecule has 5 heteroatoms. The minimum atomic E-state index is -0.511. The van der Waals surface area contributed by atoms with Gasteiger partial charge in [-0.05, 0) is 38.6 Å². The van der Waals surface area contributed by atoms with Crippen LogP contribution in [0.3, 0.4) is 0 Å². The van der Waals surface area contributed by atoms with E-state index in [2.05, 4.69) is 5.32 Å². The van der Waals surface area contributed by atoms with Gasteiger partial charge < -0.3 is 15.2 Å². The topological polar surface area (TPSA) is 58.6 Å². The van der Waals surface area contributed by atoms with Gasteiger partial charge in [-0.2, -0.15) is 0 Å². The predicted octanol–water partition coefficient (Wildman–Crippen LogP) is 2.70. The fourth-order valence-electron chi connectivity index (χ4n) is 1.35. The van der Waals surface area contributed by atoms with E-state index in [1.165, 1.54) is 0 Å². The van der Waals surface area contributed by atoms with Crippen LogP contribution < -0.4 is 5.32 Å². The van der Waals surface area contributed by atoms with Gasteiger partial charge in [0.05, 0.1) is 6.04 Å². The smallest absolute Gasteiger partial charge is 0.408 e. The second-order valence-electron chi connectivity index (χ2n) is 4.73. The lowest BCUT2D eigenvalue weighted by molar-refractivity contribution is 0.0497. The van der Waals surface area contributed by atoms with Crippen LogP contribution >= 0.6 is 11.3 Å². The Morgan fingerprint density at radius 1 is 1.59 bits per heavy atom. The van der Waals surface area contributed by atoms with Gasteiger partial charge in [-0.1, -0.05) is 6.07 Å². The van der Waals surface area contributed by atoms with Crippen LogP contribution in [-0.4, -0.2) is 23.4 Å². The SMILES string of the molecule is CC(C)(C)OC(=O)NC(CCO)c1cccs1. The Bertz CT molecular complexity index is 343. The van der Waals surface area contributed by atoms with Gasteiger partial charge in [-0.25, -0.2) is 4.79 Å². The number of amides is 1. The molecule has 1 rings (SSSR count). The average molecular weight is 257 g/mol. The Morgan fingerprint density at radius 3 is 2.76 bits per heavy atom. The average Bonchev–Trinajstić information content (AvgIpc) is 2.66. The molecule has 0 radical (unpaired) electrons. The molecule has 2 N–H and O–H groups in total. The second kappa shape index (κ2) is 6.02. The second-order valence-corrected chi connectivity index (χ2v) is 5.71. The Labute approximate surface area is 106 Å². The number of rotatable bonds is 4. The Morgan fingerprint density at radius 2 is 2.29 bits per heavy atom. The quantitative estimate of drug-likeness (QED) is 0.872. The summed E-state index contributed by atoms with van der Waals surface area (Å²) < 4.78 is 5.19. The minimum absolute atomic E-state index is 0.0262. The number of aliphatic hydroxyl groups excluding tert-OH is 1. The third kappa shape index (κ3) is 5.19. The summed E-state index contributed by atoms with van der Waals surface area (Å²) in [5, 5.41) is 13.7. The van der Waals surface area contributed by atoms with Crippen molar-refractivity contribution in [1.82, 2.24) is 5.32 Å². The maximum atomic E-state index is 11.6. The number of hydrogen-bond donors (Lipinski definition) is 2. The highest BCUT2D eigenvalue weighted by molar-refractivity contribution is 7.10. The summed E-state index contributed by atoms with van der Waals surface area (Å²) in [4.78, 5) is 12.6. The Hall–Kier alpha value is -1.07. The number of carbonyl (C=O) groups is 1. The van der Waals surface area contributed by atoms with Crippen LogP contribution in [0.4, 0.5) is 4.79 Å². The normalized spacial score (nSPS) is 13.2. The number of nitrogens with one attached hydrogen (secondary N) is 1. The predicted molar refractivity (Wildman–Crippen MR) is 68.1 cm³/mol. The van der Waals surface area contributed by atoms with E-state index in [1.54, 1.807) is 11.3 Å². The largest absolute Gasteiger partial charge is 0.444 e. The van der Waals surface area contributed by atoms with Crippen LogP contribution in [0.2, 0.25) is 0 Å². The first-order valence-corrected chi connectivity index (χ1v) is 6.44. The van der Waals surface area contributed by atoms with E-state index in [1.807, 2.05) is 38.3 Å². The zero-order valence-electron chi connectivity index (χ0n) is 10.4. The van der Waals surface area contributed by atoms with Crippen molar-refractivity contribution in [3.63, 3.8) is 0 Å². The summed E-state index contributed by atoms with van der Waals surface area (Å²) in [7, 11) is 0. The third-order valence-corrected chi connectivity index (χ3v) is 2.98. The molecule has 1 amide bonds. The van der Waals surface area contributed by atoms with E-state index in [0.717, 1.165) is 4.88 Å². The number of aliphatic hydroxyl groups is 1. The molecule has 0 aliphatic heterocycles. The van der Waals surface area contributed by atoms with Crippen LogP contribution in [0, 0.1) is 0 Å². The van der Waals surface area contributed by atoms with Crippen molar-refractivity contribution < 1.29 is 14.6 Å². The zero-order chi connectivity index (χ0) is 12.9. The fourth-order valence-corrected chi connectivity index (χ4v) is 2.17. The molecule has 17 heavy (non-hydrogen) atoms. The molecule has 0 saturated heterocycles. The van der Waals surface area contributed by atoms with Crippen molar-refractivity contribution in [3.05, 3.63) is 22.4 Å². The molecule has 0 bridgehead atoms. The number of hydrogen-bond acceptors (Lipinski definition) is 4. The molecule has 1 aromatic rings. The zero-order valence-corrected chi connectivity index (χ0v) is 11.2. The molecule has 0 aliphatic rings. The number of alkyl carbamates (subject to hydrolysis) is 1. The number of thiophene rings is 1. The van der Waals surface area contributed by atoms with Crippen molar-refractivity contribution in [2.75, 3.05) is 6.61 Å². The van der Waals surface area contributed by atoms with E-state index >= 15 is 0 Å². The lowest BCUT2D eigenvalue weighted by Crippen LogP contribution is -2.35. The van der Waals surface area contributed by atoms with E-state index in [0.29, 0.717) is 6.42 Å². The fraction of sp³-hybridized carbons (Fsp3) is 0.583. The van der Waals surface area contributed by atoms with Gasteiger partial charge in [0.25, 0.3) is 0 Å². The molecule has 4 nitrogen and oxygen atoms in total. The number of carbonyl (C=O) groups excluding carboxylic acids is 1. The van der Waals surface area contributed by atoms with Crippen molar-refractivity contribution >= 4 is 17.4 Å². The summed E-state index contributed by atoms with van der Waals surface area (Å²) in [6, 6.07) is 3.67. The lowest BCUT2D eigenvalue weighted by Gasteiger charge is -2.22. The summed E-state index contributed by atoms with van der Waals surface area (Å²) in [6.45, 7) is 5.48. The molecular weight excluding hydrogens is 238 g/mol. The van der Waals surface area contributed by atoms with Gasteiger partial charge in [0.1, 0.15) is 5.60 Å². The molecule has 1 unspecified atom stereocenters. The first-order valence-electron chi connectivity index (χ1n) is 5.56. The summed E-state index contributed by atoms with van der Waals surface area (Å²) in [6.07, 6.45) is 0.0316. The van der Waals surface area contributed by atoms with Crippen LogP contribution in [-0.2, 0) is 4.74 Å². The summed E-state index contributed by atoms with van der Waals surface area (Å²) in [5.41, 5.74) is -0.511. The molecule has 1 heterocycles. The summed E-state index contributed by atoms with van der Waals surface area (Å²) >= 11 is 1.55. The first kappa shape index (κ1) is 14.0. The van der Waals surface area contributed by atoms with E-state index in [4.69, 9.17) is 9.84 Å². The molecular formula is C12H19NO3S. The number of ether oxygens (including phenoxy) is 1. The molecule has 0 aromatic carbocycles. The molecule has 1 atom stereocenters. The van der Waals surface area contributed by atoms with E-state index in [9.17, 15) is 4.79 Å². The van der Waals surface area contributed by atoms with Gasteiger partial charge in [-0.15, -0.1) is 11.3 Å².